The average Bonchev–Trinajstić information content (AvgIpc) is 2.66. The molecule has 1 heterocycles. The molecule has 1 aromatic rings. The highest BCUT2D eigenvalue weighted by atomic mass is 16.5. The molecule has 140 valence electrons. The van der Waals surface area contributed by atoms with Crippen LogP contribution in [0, 0.1) is 0 Å². The molecular formula is C20H33N3O2. The second-order valence-electron chi connectivity index (χ2n) is 6.36. The molecule has 0 amide bonds. The molecule has 1 aliphatic heterocycles. The van der Waals surface area contributed by atoms with Crippen molar-refractivity contribution in [3.8, 4) is 0 Å². The van der Waals surface area contributed by atoms with Gasteiger partial charge >= 0.3 is 0 Å². The molecule has 0 bridgehead atoms. The minimum absolute atomic E-state index is 0.418. The fraction of sp³-hybridized carbons (Fsp3) is 0.650. The maximum Gasteiger partial charge on any atom is 0.193 e. The van der Waals surface area contributed by atoms with Gasteiger partial charge in [-0.1, -0.05) is 30.3 Å². The van der Waals surface area contributed by atoms with Gasteiger partial charge in [0.1, 0.15) is 0 Å². The number of likely N-dealkylation sites (tertiary alicyclic amines) is 1. The first-order valence-corrected chi connectivity index (χ1v) is 9.52. The molecule has 5 nitrogen and oxygen atoms in total. The lowest BCUT2D eigenvalue weighted by Crippen LogP contribution is -2.47. The van der Waals surface area contributed by atoms with Crippen LogP contribution in [-0.2, 0) is 16.1 Å². The van der Waals surface area contributed by atoms with Gasteiger partial charge in [0.05, 0.1) is 12.7 Å². The molecule has 0 radical (unpaired) electrons. The number of aliphatic imine (C=N–C) groups is 1. The first-order valence-electron chi connectivity index (χ1n) is 9.52. The molecule has 1 fully saturated rings. The van der Waals surface area contributed by atoms with Crippen LogP contribution in [0.25, 0.3) is 0 Å². The highest BCUT2D eigenvalue weighted by molar-refractivity contribution is 5.79. The molecule has 25 heavy (non-hydrogen) atoms. The van der Waals surface area contributed by atoms with Gasteiger partial charge in [-0.15, -0.1) is 0 Å². The molecule has 0 atom stereocenters. The summed E-state index contributed by atoms with van der Waals surface area (Å²) in [4.78, 5) is 6.75. The number of benzene rings is 1. The van der Waals surface area contributed by atoms with Crippen LogP contribution in [0.2, 0.25) is 0 Å². The standard InChI is InChI=1S/C20H33N3O2/c1-3-25-19-11-14-23(15-12-19)20(21-2)22-13-7-8-16-24-17-18-9-5-4-6-10-18/h4-6,9-10,19H,3,7-8,11-17H2,1-2H3,(H,21,22). The fourth-order valence-corrected chi connectivity index (χ4v) is 3.10. The lowest BCUT2D eigenvalue weighted by Gasteiger charge is -2.34. The SMILES string of the molecule is CCOC1CCN(C(=NC)NCCCCOCc2ccccc2)CC1. The van der Waals surface area contributed by atoms with E-state index in [4.69, 9.17) is 9.47 Å². The summed E-state index contributed by atoms with van der Waals surface area (Å²) in [7, 11) is 1.86. The monoisotopic (exact) mass is 347 g/mol. The van der Waals surface area contributed by atoms with Gasteiger partial charge in [0, 0.05) is 39.9 Å². The number of piperidine rings is 1. The summed E-state index contributed by atoms with van der Waals surface area (Å²) in [6.45, 7) is 7.35. The molecule has 1 N–H and O–H groups in total. The number of guanidine groups is 1. The summed E-state index contributed by atoms with van der Waals surface area (Å²) in [6, 6.07) is 10.3. The topological polar surface area (TPSA) is 46.1 Å². The zero-order chi connectivity index (χ0) is 17.7. The average molecular weight is 348 g/mol. The Kier molecular flexibility index (Phi) is 9.37. The van der Waals surface area contributed by atoms with E-state index < -0.39 is 0 Å². The Morgan fingerprint density at radius 1 is 1.20 bits per heavy atom. The number of hydrogen-bond acceptors (Lipinski definition) is 3. The van der Waals surface area contributed by atoms with Crippen LogP contribution in [0.5, 0.6) is 0 Å². The highest BCUT2D eigenvalue weighted by Crippen LogP contribution is 2.13. The number of nitrogens with one attached hydrogen (secondary N) is 1. The minimum atomic E-state index is 0.418. The molecule has 5 heteroatoms. The van der Waals surface area contributed by atoms with Crippen molar-refractivity contribution in [2.45, 2.75) is 45.3 Å². The molecule has 0 unspecified atom stereocenters. The Morgan fingerprint density at radius 3 is 2.64 bits per heavy atom. The Morgan fingerprint density at radius 2 is 1.96 bits per heavy atom. The summed E-state index contributed by atoms with van der Waals surface area (Å²) in [6.07, 6.45) is 4.73. The van der Waals surface area contributed by atoms with Crippen LogP contribution < -0.4 is 5.32 Å². The zero-order valence-electron chi connectivity index (χ0n) is 15.7. The number of nitrogens with zero attached hydrogens (tertiary/aromatic N) is 2. The Bertz CT molecular complexity index is 485. The van der Waals surface area contributed by atoms with Gasteiger partial charge in [-0.05, 0) is 38.2 Å². The van der Waals surface area contributed by atoms with Gasteiger partial charge in [-0.3, -0.25) is 4.99 Å². The van der Waals surface area contributed by atoms with Crippen molar-refractivity contribution >= 4 is 5.96 Å². The maximum absolute atomic E-state index is 5.72. The Labute approximate surface area is 152 Å². The summed E-state index contributed by atoms with van der Waals surface area (Å²) in [5.41, 5.74) is 1.23. The van der Waals surface area contributed by atoms with Gasteiger partial charge in [0.15, 0.2) is 5.96 Å². The summed E-state index contributed by atoms with van der Waals surface area (Å²) in [5, 5.41) is 3.47. The van der Waals surface area contributed by atoms with Crippen LogP contribution in [0.4, 0.5) is 0 Å². The van der Waals surface area contributed by atoms with Gasteiger partial charge in [0.25, 0.3) is 0 Å². The summed E-state index contributed by atoms with van der Waals surface area (Å²) in [5.74, 6) is 1.01. The van der Waals surface area contributed by atoms with Crippen molar-refractivity contribution in [2.24, 2.45) is 4.99 Å². The van der Waals surface area contributed by atoms with Crippen molar-refractivity contribution in [1.82, 2.24) is 10.2 Å². The van der Waals surface area contributed by atoms with Gasteiger partial charge in [-0.2, -0.15) is 0 Å². The summed E-state index contributed by atoms with van der Waals surface area (Å²) < 4.78 is 11.4. The molecule has 0 aliphatic carbocycles. The molecule has 0 saturated carbocycles. The quantitative estimate of drug-likeness (QED) is 0.424. The molecule has 2 rings (SSSR count). The first kappa shape index (κ1) is 19.7. The van der Waals surface area contributed by atoms with Crippen molar-refractivity contribution in [3.05, 3.63) is 35.9 Å². The zero-order valence-corrected chi connectivity index (χ0v) is 15.7. The van der Waals surface area contributed by atoms with Crippen LogP contribution in [0.3, 0.4) is 0 Å². The van der Waals surface area contributed by atoms with Crippen LogP contribution >= 0.6 is 0 Å². The van der Waals surface area contributed by atoms with E-state index in [9.17, 15) is 0 Å². The number of hydrogen-bond donors (Lipinski definition) is 1. The van der Waals surface area contributed by atoms with E-state index in [1.165, 1.54) is 5.56 Å². The Hall–Kier alpha value is -1.59. The van der Waals surface area contributed by atoms with E-state index in [-0.39, 0.29) is 0 Å². The molecule has 1 aliphatic rings. The smallest absolute Gasteiger partial charge is 0.193 e. The number of ether oxygens (including phenoxy) is 2. The second-order valence-corrected chi connectivity index (χ2v) is 6.36. The summed E-state index contributed by atoms with van der Waals surface area (Å²) >= 11 is 0. The van der Waals surface area contributed by atoms with Gasteiger partial charge in [0.2, 0.25) is 0 Å². The molecule has 1 aromatic carbocycles. The predicted octanol–water partition coefficient (Wildman–Crippen LogP) is 3.06. The number of rotatable bonds is 9. The van der Waals surface area contributed by atoms with E-state index in [1.807, 2.05) is 25.2 Å². The van der Waals surface area contributed by atoms with E-state index in [0.29, 0.717) is 12.7 Å². The van der Waals surface area contributed by atoms with Crippen LogP contribution in [0.15, 0.2) is 35.3 Å². The van der Waals surface area contributed by atoms with Crippen molar-refractivity contribution in [2.75, 3.05) is 39.9 Å². The Balaban J connectivity index is 1.53. The third-order valence-corrected chi connectivity index (χ3v) is 4.47. The first-order chi connectivity index (χ1) is 12.3. The lowest BCUT2D eigenvalue weighted by molar-refractivity contribution is 0.0264. The van der Waals surface area contributed by atoms with Crippen molar-refractivity contribution < 1.29 is 9.47 Å². The van der Waals surface area contributed by atoms with E-state index >= 15 is 0 Å². The largest absolute Gasteiger partial charge is 0.378 e. The normalized spacial score (nSPS) is 16.2. The van der Waals surface area contributed by atoms with E-state index in [1.54, 1.807) is 0 Å². The molecule has 0 aromatic heterocycles. The molecule has 0 spiro atoms. The number of unbranched alkanes of at least 4 members (excludes halogenated alkanes) is 1. The van der Waals surface area contributed by atoms with Gasteiger partial charge in [-0.25, -0.2) is 0 Å². The second kappa shape index (κ2) is 11.9. The van der Waals surface area contributed by atoms with Crippen molar-refractivity contribution in [1.29, 1.82) is 0 Å². The van der Waals surface area contributed by atoms with E-state index in [2.05, 4.69) is 34.3 Å². The maximum atomic E-state index is 5.72. The van der Waals surface area contributed by atoms with E-state index in [0.717, 1.165) is 64.5 Å². The minimum Gasteiger partial charge on any atom is -0.378 e. The molecular weight excluding hydrogens is 314 g/mol. The highest BCUT2D eigenvalue weighted by Gasteiger charge is 2.21. The van der Waals surface area contributed by atoms with Crippen molar-refractivity contribution in [3.63, 3.8) is 0 Å². The van der Waals surface area contributed by atoms with Gasteiger partial charge < -0.3 is 19.7 Å². The predicted molar refractivity (Wildman–Crippen MR) is 103 cm³/mol. The van der Waals surface area contributed by atoms with Crippen LogP contribution in [-0.4, -0.2) is 56.9 Å². The fourth-order valence-electron chi connectivity index (χ4n) is 3.10. The molecule has 1 saturated heterocycles. The third-order valence-electron chi connectivity index (χ3n) is 4.47. The van der Waals surface area contributed by atoms with Crippen LogP contribution in [0.1, 0.15) is 38.2 Å². The lowest BCUT2D eigenvalue weighted by atomic mass is 10.1. The third kappa shape index (κ3) is 7.45.